The number of halogens is 1. The number of hydrogen-bond donors (Lipinski definition) is 2. The van der Waals surface area contributed by atoms with Gasteiger partial charge in [-0.2, -0.15) is 8.42 Å². The van der Waals surface area contributed by atoms with Crippen LogP contribution in [0.2, 0.25) is 0 Å². The van der Waals surface area contributed by atoms with Crippen molar-refractivity contribution in [2.24, 2.45) is 11.3 Å². The van der Waals surface area contributed by atoms with Gasteiger partial charge in [-0.05, 0) is 61.8 Å². The lowest BCUT2D eigenvalue weighted by molar-refractivity contribution is -0.148. The Balaban J connectivity index is 1.60. The third-order valence-electron chi connectivity index (χ3n) is 8.36. The van der Waals surface area contributed by atoms with Crippen molar-refractivity contribution in [3.63, 3.8) is 0 Å². The summed E-state index contributed by atoms with van der Waals surface area (Å²) in [6.07, 6.45) is 2.97. The molecule has 0 radical (unpaired) electrons. The van der Waals surface area contributed by atoms with Crippen LogP contribution in [0.15, 0.2) is 46.3 Å². The van der Waals surface area contributed by atoms with Gasteiger partial charge >= 0.3 is 12.1 Å². The highest BCUT2D eigenvalue weighted by Gasteiger charge is 2.62. The number of nitrogens with zero attached hydrogens (tertiary/aromatic N) is 1. The average molecular weight is 699 g/mol. The first-order chi connectivity index (χ1) is 20.6. The molecule has 2 aliphatic carbocycles. The van der Waals surface area contributed by atoms with Crippen molar-refractivity contribution in [1.82, 2.24) is 15.5 Å². The second-order valence-electron chi connectivity index (χ2n) is 12.6. The highest BCUT2D eigenvalue weighted by atomic mass is 79.9. The van der Waals surface area contributed by atoms with E-state index in [9.17, 15) is 27.6 Å². The first-order valence-corrected chi connectivity index (χ1v) is 16.8. The molecule has 1 aromatic carbocycles. The van der Waals surface area contributed by atoms with Crippen molar-refractivity contribution in [2.45, 2.75) is 94.0 Å². The number of rotatable bonds is 10. The van der Waals surface area contributed by atoms with E-state index in [2.05, 4.69) is 33.1 Å². The highest BCUT2D eigenvalue weighted by Crippen LogP contribution is 2.45. The normalized spacial score (nSPS) is 26.0. The van der Waals surface area contributed by atoms with E-state index in [1.807, 2.05) is 0 Å². The minimum atomic E-state index is -4.26. The molecule has 5 atom stereocenters. The van der Waals surface area contributed by atoms with Crippen LogP contribution in [0.1, 0.15) is 59.3 Å². The predicted octanol–water partition coefficient (Wildman–Crippen LogP) is 3.44. The molecule has 0 bridgehead atoms. The van der Waals surface area contributed by atoms with E-state index >= 15 is 0 Å². The van der Waals surface area contributed by atoms with Crippen LogP contribution >= 0.6 is 15.9 Å². The van der Waals surface area contributed by atoms with Crippen LogP contribution < -0.4 is 10.6 Å². The third-order valence-corrected chi connectivity index (χ3v) is 10.3. The number of hydrogen-bond acceptors (Lipinski definition) is 9. The van der Waals surface area contributed by atoms with E-state index in [0.717, 1.165) is 25.7 Å². The van der Waals surface area contributed by atoms with Gasteiger partial charge in [-0.1, -0.05) is 42.8 Å². The molecule has 0 aromatic heterocycles. The van der Waals surface area contributed by atoms with Crippen molar-refractivity contribution >= 4 is 49.9 Å². The molecular formula is C30H40BrN3O9S. The minimum absolute atomic E-state index is 0.0909. The van der Waals surface area contributed by atoms with Crippen molar-refractivity contribution in [3.8, 4) is 0 Å². The van der Waals surface area contributed by atoms with E-state index in [1.54, 1.807) is 39.0 Å². The number of ether oxygens (including phenoxy) is 2. The molecule has 3 fully saturated rings. The summed E-state index contributed by atoms with van der Waals surface area (Å²) in [5, 5.41) is 5.42. The Labute approximate surface area is 266 Å². The molecule has 1 aliphatic heterocycles. The maximum atomic E-state index is 14.1. The monoisotopic (exact) mass is 697 g/mol. The van der Waals surface area contributed by atoms with Gasteiger partial charge < -0.3 is 25.0 Å². The number of carbonyl (C=O) groups excluding carboxylic acids is 4. The van der Waals surface area contributed by atoms with Crippen LogP contribution in [0.25, 0.3) is 0 Å². The first-order valence-electron chi connectivity index (χ1n) is 14.6. The van der Waals surface area contributed by atoms with Crippen LogP contribution in [0.4, 0.5) is 4.79 Å². The number of likely N-dealkylation sites (tertiary alicyclic amines) is 1. The molecule has 1 aromatic rings. The van der Waals surface area contributed by atoms with Crippen molar-refractivity contribution in [2.75, 3.05) is 13.7 Å². The van der Waals surface area contributed by atoms with Crippen LogP contribution in [0, 0.1) is 11.3 Å². The summed E-state index contributed by atoms with van der Waals surface area (Å²) < 4.78 is 42.9. The summed E-state index contributed by atoms with van der Waals surface area (Å²) in [6.45, 7) is 8.74. The van der Waals surface area contributed by atoms with Gasteiger partial charge in [0.1, 0.15) is 23.7 Å². The lowest BCUT2D eigenvalue weighted by Gasteiger charge is -2.35. The number of benzene rings is 1. The zero-order chi connectivity index (χ0) is 32.4. The van der Waals surface area contributed by atoms with Crippen molar-refractivity contribution < 1.29 is 41.3 Å². The maximum Gasteiger partial charge on any atom is 0.408 e. The molecule has 44 heavy (non-hydrogen) atoms. The Bertz CT molecular complexity index is 1390. The molecule has 0 unspecified atom stereocenters. The van der Waals surface area contributed by atoms with E-state index in [1.165, 1.54) is 24.1 Å². The quantitative estimate of drug-likeness (QED) is 0.212. The molecule has 1 heterocycles. The van der Waals surface area contributed by atoms with Gasteiger partial charge in [0.15, 0.2) is 0 Å². The largest absolute Gasteiger partial charge is 0.467 e. The zero-order valence-corrected chi connectivity index (χ0v) is 27.7. The SMILES string of the molecule is C=C[C@@H]1C[C@]1(NC(=O)[C@@H]1C[C@@H](OS(=O)(=O)c2ccc(Br)cc2)CN1C(=O)[C@@H](NC(=O)OC1CCCC1)C(C)(C)C)C(=O)OC. The number of carbonyl (C=O) groups is 4. The Morgan fingerprint density at radius 1 is 1.11 bits per heavy atom. The molecule has 242 valence electrons. The number of methoxy groups -OCH3 is 1. The van der Waals surface area contributed by atoms with Gasteiger partial charge in [0.05, 0.1) is 18.1 Å². The molecule has 3 amide bonds. The molecule has 2 N–H and O–H groups in total. The zero-order valence-electron chi connectivity index (χ0n) is 25.3. The third kappa shape index (κ3) is 7.45. The summed E-state index contributed by atoms with van der Waals surface area (Å²) in [6, 6.07) is 3.53. The van der Waals surface area contributed by atoms with Crippen LogP contribution in [-0.4, -0.2) is 80.7 Å². The summed E-state index contributed by atoms with van der Waals surface area (Å²) in [5.41, 5.74) is -2.15. The fraction of sp³-hybridized carbons (Fsp3) is 0.600. The maximum absolute atomic E-state index is 14.1. The van der Waals surface area contributed by atoms with Crippen LogP contribution in [-0.2, 0) is 38.2 Å². The van der Waals surface area contributed by atoms with Crippen LogP contribution in [0.3, 0.4) is 0 Å². The van der Waals surface area contributed by atoms with E-state index in [0.29, 0.717) is 4.47 Å². The molecule has 12 nitrogen and oxygen atoms in total. The summed E-state index contributed by atoms with van der Waals surface area (Å²) in [5.74, 6) is -2.32. The summed E-state index contributed by atoms with van der Waals surface area (Å²) in [7, 11) is -3.05. The van der Waals surface area contributed by atoms with Crippen LogP contribution in [0.5, 0.6) is 0 Å². The lowest BCUT2D eigenvalue weighted by Crippen LogP contribution is -2.59. The Morgan fingerprint density at radius 3 is 2.30 bits per heavy atom. The van der Waals surface area contributed by atoms with Crippen molar-refractivity contribution in [1.29, 1.82) is 0 Å². The number of alkyl carbamates (subject to hydrolysis) is 1. The summed E-state index contributed by atoms with van der Waals surface area (Å²) in [4.78, 5) is 54.5. The smallest absolute Gasteiger partial charge is 0.408 e. The topological polar surface area (TPSA) is 157 Å². The van der Waals surface area contributed by atoms with E-state index in [-0.39, 0.29) is 36.3 Å². The van der Waals surface area contributed by atoms with E-state index < -0.39 is 63.1 Å². The molecular weight excluding hydrogens is 658 g/mol. The highest BCUT2D eigenvalue weighted by molar-refractivity contribution is 9.10. The van der Waals surface area contributed by atoms with Gasteiger partial charge in [0, 0.05) is 23.4 Å². The molecule has 3 aliphatic rings. The van der Waals surface area contributed by atoms with Gasteiger partial charge in [0.2, 0.25) is 11.8 Å². The Hall–Kier alpha value is -2.97. The van der Waals surface area contributed by atoms with Gasteiger partial charge in [-0.25, -0.2) is 9.59 Å². The number of nitrogens with one attached hydrogen (secondary N) is 2. The molecule has 2 saturated carbocycles. The van der Waals surface area contributed by atoms with Gasteiger partial charge in [-0.15, -0.1) is 6.58 Å². The Kier molecular flexibility index (Phi) is 10.2. The second kappa shape index (κ2) is 13.2. The predicted molar refractivity (Wildman–Crippen MR) is 163 cm³/mol. The Morgan fingerprint density at radius 2 is 1.75 bits per heavy atom. The molecule has 0 spiro atoms. The standard InChI is InChI=1S/C30H40BrN3O9S/c1-6-18-16-30(18,27(37)41-5)33-25(35)23-15-21(43-44(39,40)22-13-11-19(31)12-14-22)17-34(23)26(36)24(29(2,3)4)32-28(38)42-20-9-7-8-10-20/h6,11-14,18,20-21,23-24H,1,7-10,15-17H2,2-5H3,(H,32,38)(H,33,35)/t18-,21-,23+,24-,30-/m1/s1. The molecule has 4 rings (SSSR count). The van der Waals surface area contributed by atoms with Gasteiger partial charge in [0.25, 0.3) is 10.1 Å². The second-order valence-corrected chi connectivity index (χ2v) is 15.1. The van der Waals surface area contributed by atoms with Crippen molar-refractivity contribution in [3.05, 3.63) is 41.4 Å². The summed E-state index contributed by atoms with van der Waals surface area (Å²) >= 11 is 3.27. The first kappa shape index (κ1) is 33.9. The number of amides is 3. The minimum Gasteiger partial charge on any atom is -0.467 e. The number of esters is 1. The average Bonchev–Trinajstić information content (AvgIpc) is 3.24. The molecule has 1 saturated heterocycles. The van der Waals surface area contributed by atoms with E-state index in [4.69, 9.17) is 13.7 Å². The fourth-order valence-electron chi connectivity index (χ4n) is 5.81. The fourth-order valence-corrected chi connectivity index (χ4v) is 7.15. The lowest BCUT2D eigenvalue weighted by atomic mass is 9.85. The van der Waals surface area contributed by atoms with Gasteiger partial charge in [-0.3, -0.25) is 13.8 Å². The molecule has 14 heteroatoms.